The fourth-order valence-electron chi connectivity index (χ4n) is 2.92. The number of carbonyl (C=O) groups is 2. The minimum absolute atomic E-state index is 0.402. The van der Waals surface area contributed by atoms with E-state index < -0.39 is 18.0 Å². The first kappa shape index (κ1) is 18.9. The van der Waals surface area contributed by atoms with Gasteiger partial charge < -0.3 is 19.2 Å². The Morgan fingerprint density at radius 3 is 2.59 bits per heavy atom. The summed E-state index contributed by atoms with van der Waals surface area (Å²) in [6.07, 6.45) is 1.50. The lowest BCUT2D eigenvalue weighted by Gasteiger charge is -2.11. The second-order valence-electron chi connectivity index (χ2n) is 6.22. The summed E-state index contributed by atoms with van der Waals surface area (Å²) < 4.78 is 16.6. The minimum atomic E-state index is -0.816. The molecule has 1 aromatic heterocycles. The molecule has 1 unspecified atom stereocenters. The Hall–Kier alpha value is -3.39. The molecule has 1 aliphatic heterocycles. The summed E-state index contributed by atoms with van der Waals surface area (Å²) in [7, 11) is 1.63. The number of nitrogens with one attached hydrogen (secondary N) is 2. The molecule has 2 heterocycles. The quantitative estimate of drug-likeness (QED) is 0.574. The van der Waals surface area contributed by atoms with Crippen LogP contribution in [0.5, 0.6) is 11.5 Å². The lowest BCUT2D eigenvalue weighted by atomic mass is 10.2. The van der Waals surface area contributed by atoms with Gasteiger partial charge in [-0.1, -0.05) is 30.0 Å². The molecule has 7 nitrogen and oxygen atoms in total. The number of urea groups is 1. The van der Waals surface area contributed by atoms with Crippen molar-refractivity contribution in [2.45, 2.75) is 22.4 Å². The van der Waals surface area contributed by atoms with Crippen molar-refractivity contribution in [3.63, 3.8) is 0 Å². The predicted molar refractivity (Wildman–Crippen MR) is 106 cm³/mol. The van der Waals surface area contributed by atoms with Crippen LogP contribution in [0.25, 0.3) is 0 Å². The summed E-state index contributed by atoms with van der Waals surface area (Å²) in [5, 5.41) is 4.75. The first-order chi connectivity index (χ1) is 14.1. The Kier molecular flexibility index (Phi) is 5.44. The van der Waals surface area contributed by atoms with Crippen LogP contribution in [0.1, 0.15) is 17.4 Å². The molecule has 3 amide bonds. The summed E-state index contributed by atoms with van der Waals surface area (Å²) in [6.45, 7) is 0.402. The van der Waals surface area contributed by atoms with E-state index in [0.717, 1.165) is 26.9 Å². The lowest BCUT2D eigenvalue weighted by molar-refractivity contribution is -0.120. The van der Waals surface area contributed by atoms with Gasteiger partial charge in [-0.15, -0.1) is 0 Å². The maximum absolute atomic E-state index is 11.9. The molecule has 1 saturated heterocycles. The maximum atomic E-state index is 11.9. The highest BCUT2D eigenvalue weighted by Crippen LogP contribution is 2.35. The Morgan fingerprint density at radius 1 is 1.07 bits per heavy atom. The Balaban J connectivity index is 1.41. The van der Waals surface area contributed by atoms with Gasteiger partial charge in [0, 0.05) is 10.5 Å². The number of para-hydroxylation sites is 1. The van der Waals surface area contributed by atoms with Crippen molar-refractivity contribution >= 4 is 23.7 Å². The summed E-state index contributed by atoms with van der Waals surface area (Å²) in [6, 6.07) is 15.7. The molecule has 1 atom stereocenters. The normalized spacial score (nSPS) is 15.7. The molecule has 0 bridgehead atoms. The molecule has 8 heteroatoms. The average molecular weight is 410 g/mol. The maximum Gasteiger partial charge on any atom is 0.322 e. The van der Waals surface area contributed by atoms with Gasteiger partial charge in [-0.2, -0.15) is 0 Å². The van der Waals surface area contributed by atoms with Gasteiger partial charge >= 0.3 is 6.03 Å². The standard InChI is InChI=1S/C21H18N2O5S/c1-26-16-5-3-2-4-13(16)12-28-14-6-8-15(9-7-14)29-17-10-11-27-19(17)18-20(24)23-21(25)22-18/h2-11,18H,12H2,1H3,(H2,22,23,24,25). The SMILES string of the molecule is COc1ccccc1COc1ccc(Sc2ccoc2C2NC(=O)NC2=O)cc1. The van der Waals surface area contributed by atoms with Crippen LogP contribution in [0, 0.1) is 0 Å². The van der Waals surface area contributed by atoms with Gasteiger partial charge in [0.05, 0.1) is 18.3 Å². The fraction of sp³-hybridized carbons (Fsp3) is 0.143. The zero-order chi connectivity index (χ0) is 20.2. The van der Waals surface area contributed by atoms with Crippen LogP contribution in [-0.2, 0) is 11.4 Å². The molecule has 0 spiro atoms. The summed E-state index contributed by atoms with van der Waals surface area (Å²) >= 11 is 1.44. The van der Waals surface area contributed by atoms with Crippen molar-refractivity contribution in [3.8, 4) is 11.5 Å². The van der Waals surface area contributed by atoms with Crippen LogP contribution in [0.2, 0.25) is 0 Å². The molecule has 1 aliphatic rings. The molecular weight excluding hydrogens is 392 g/mol. The molecular formula is C21H18N2O5S. The van der Waals surface area contributed by atoms with Crippen LogP contribution in [-0.4, -0.2) is 19.0 Å². The first-order valence-corrected chi connectivity index (χ1v) is 9.67. The van der Waals surface area contributed by atoms with E-state index in [9.17, 15) is 9.59 Å². The number of carbonyl (C=O) groups excluding carboxylic acids is 2. The van der Waals surface area contributed by atoms with Gasteiger partial charge in [-0.3, -0.25) is 10.1 Å². The van der Waals surface area contributed by atoms with Crippen LogP contribution >= 0.6 is 11.8 Å². The van der Waals surface area contributed by atoms with Gasteiger partial charge in [-0.25, -0.2) is 4.79 Å². The largest absolute Gasteiger partial charge is 0.496 e. The third kappa shape index (κ3) is 4.22. The zero-order valence-electron chi connectivity index (χ0n) is 15.5. The van der Waals surface area contributed by atoms with E-state index in [-0.39, 0.29) is 0 Å². The number of furan rings is 1. The van der Waals surface area contributed by atoms with Crippen molar-refractivity contribution in [3.05, 3.63) is 72.2 Å². The molecule has 2 N–H and O–H groups in total. The number of ether oxygens (including phenoxy) is 2. The van der Waals surface area contributed by atoms with E-state index in [4.69, 9.17) is 13.9 Å². The van der Waals surface area contributed by atoms with Crippen LogP contribution in [0.3, 0.4) is 0 Å². The second kappa shape index (κ2) is 8.32. The topological polar surface area (TPSA) is 89.8 Å². The van der Waals surface area contributed by atoms with Crippen LogP contribution in [0.4, 0.5) is 4.79 Å². The number of hydrogen-bond donors (Lipinski definition) is 2. The highest BCUT2D eigenvalue weighted by Gasteiger charge is 2.35. The smallest absolute Gasteiger partial charge is 0.322 e. The number of benzene rings is 2. The van der Waals surface area contributed by atoms with E-state index in [1.807, 2.05) is 48.5 Å². The molecule has 2 aromatic carbocycles. The van der Waals surface area contributed by atoms with Crippen molar-refractivity contribution in [2.24, 2.45) is 0 Å². The highest BCUT2D eigenvalue weighted by atomic mass is 32.2. The number of hydrogen-bond acceptors (Lipinski definition) is 6. The molecule has 3 aromatic rings. The number of amides is 3. The second-order valence-corrected chi connectivity index (χ2v) is 7.33. The van der Waals surface area contributed by atoms with E-state index in [1.54, 1.807) is 13.2 Å². The Morgan fingerprint density at radius 2 is 1.86 bits per heavy atom. The molecule has 29 heavy (non-hydrogen) atoms. The number of rotatable bonds is 7. The van der Waals surface area contributed by atoms with Gasteiger partial charge in [-0.05, 0) is 36.4 Å². The Labute approximate surface area is 171 Å². The van der Waals surface area contributed by atoms with E-state index in [2.05, 4.69) is 10.6 Å². The number of imide groups is 1. The van der Waals surface area contributed by atoms with Crippen LogP contribution < -0.4 is 20.1 Å². The first-order valence-electron chi connectivity index (χ1n) is 8.85. The van der Waals surface area contributed by atoms with Gasteiger partial charge in [0.15, 0.2) is 6.04 Å². The van der Waals surface area contributed by atoms with E-state index in [0.29, 0.717) is 12.4 Å². The van der Waals surface area contributed by atoms with Crippen LogP contribution in [0.15, 0.2) is 75.1 Å². The average Bonchev–Trinajstić information content (AvgIpc) is 3.32. The number of methoxy groups -OCH3 is 1. The molecule has 0 aliphatic carbocycles. The molecule has 148 valence electrons. The van der Waals surface area contributed by atoms with Crippen molar-refractivity contribution in [1.82, 2.24) is 10.6 Å². The van der Waals surface area contributed by atoms with Gasteiger partial charge in [0.1, 0.15) is 23.9 Å². The molecule has 0 radical (unpaired) electrons. The molecule has 0 saturated carbocycles. The molecule has 1 fully saturated rings. The predicted octanol–water partition coefficient (Wildman–Crippen LogP) is 3.90. The summed E-state index contributed by atoms with van der Waals surface area (Å²) in [4.78, 5) is 24.9. The van der Waals surface area contributed by atoms with E-state index >= 15 is 0 Å². The molecule has 4 rings (SSSR count). The fourth-order valence-corrected chi connectivity index (χ4v) is 3.84. The van der Waals surface area contributed by atoms with Crippen molar-refractivity contribution in [2.75, 3.05) is 7.11 Å². The lowest BCUT2D eigenvalue weighted by Crippen LogP contribution is -2.22. The minimum Gasteiger partial charge on any atom is -0.496 e. The highest BCUT2D eigenvalue weighted by molar-refractivity contribution is 7.99. The Bertz CT molecular complexity index is 1030. The summed E-state index contributed by atoms with van der Waals surface area (Å²) in [5.41, 5.74) is 0.966. The monoisotopic (exact) mass is 410 g/mol. The summed E-state index contributed by atoms with van der Waals surface area (Å²) in [5.74, 6) is 1.51. The van der Waals surface area contributed by atoms with Crippen molar-refractivity contribution < 1.29 is 23.5 Å². The van der Waals surface area contributed by atoms with Crippen molar-refractivity contribution in [1.29, 1.82) is 0 Å². The third-order valence-corrected chi connectivity index (χ3v) is 5.40. The third-order valence-electron chi connectivity index (χ3n) is 4.33. The van der Waals surface area contributed by atoms with Gasteiger partial charge in [0.2, 0.25) is 0 Å². The van der Waals surface area contributed by atoms with E-state index in [1.165, 1.54) is 18.0 Å². The zero-order valence-corrected chi connectivity index (χ0v) is 16.3. The van der Waals surface area contributed by atoms with Gasteiger partial charge in [0.25, 0.3) is 5.91 Å².